The summed E-state index contributed by atoms with van der Waals surface area (Å²) < 4.78 is 0. The summed E-state index contributed by atoms with van der Waals surface area (Å²) in [6, 6.07) is 16.0. The van der Waals surface area contributed by atoms with Crippen LogP contribution < -0.4 is 0 Å². The van der Waals surface area contributed by atoms with E-state index in [-0.39, 0.29) is 28.6 Å². The predicted octanol–water partition coefficient (Wildman–Crippen LogP) is 4.64. The van der Waals surface area contributed by atoms with Gasteiger partial charge in [0.1, 0.15) is 0 Å². The van der Waals surface area contributed by atoms with E-state index < -0.39 is 0 Å². The third-order valence-electron chi connectivity index (χ3n) is 7.29. The molecule has 3 heteroatoms. The highest BCUT2D eigenvalue weighted by molar-refractivity contribution is 5.99. The van der Waals surface area contributed by atoms with E-state index in [1.54, 1.807) is 18.2 Å². The van der Waals surface area contributed by atoms with E-state index in [0.717, 1.165) is 19.4 Å². The summed E-state index contributed by atoms with van der Waals surface area (Å²) in [5.41, 5.74) is 4.05. The van der Waals surface area contributed by atoms with Gasteiger partial charge in [-0.2, -0.15) is 0 Å². The Bertz CT molecular complexity index is 929. The topological polar surface area (TPSA) is 37.4 Å². The molecule has 0 N–H and O–H groups in total. The molecule has 1 aliphatic heterocycles. The number of fused-ring (bicyclic) bond motifs is 4. The first-order valence-corrected chi connectivity index (χ1v) is 9.76. The number of ketones is 1. The highest BCUT2D eigenvalue weighted by Crippen LogP contribution is 2.56. The largest absolute Gasteiger partial charge is 0.335 e. The molecular formula is C24H27NO2. The Morgan fingerprint density at radius 1 is 1.00 bits per heavy atom. The number of piperidine rings is 1. The Balaban J connectivity index is 1.74. The van der Waals surface area contributed by atoms with Gasteiger partial charge in [-0.25, -0.2) is 0 Å². The third kappa shape index (κ3) is 2.55. The second kappa shape index (κ2) is 6.05. The van der Waals surface area contributed by atoms with Gasteiger partial charge in [0, 0.05) is 29.1 Å². The van der Waals surface area contributed by atoms with Crippen molar-refractivity contribution in [2.24, 2.45) is 5.41 Å². The molecule has 1 saturated heterocycles. The molecule has 0 saturated carbocycles. The molecule has 3 nitrogen and oxygen atoms in total. The SMILES string of the molecule is CC(=O)c1cccc(C(=O)N2CC[C@@]3(C)c4ccccc4C[C@@H]2C3(C)C)c1. The van der Waals surface area contributed by atoms with Crippen LogP contribution in [0.5, 0.6) is 0 Å². The first-order chi connectivity index (χ1) is 12.8. The van der Waals surface area contributed by atoms with E-state index in [1.165, 1.54) is 18.1 Å². The van der Waals surface area contributed by atoms with Gasteiger partial charge in [-0.05, 0) is 48.4 Å². The third-order valence-corrected chi connectivity index (χ3v) is 7.29. The zero-order valence-corrected chi connectivity index (χ0v) is 16.6. The van der Waals surface area contributed by atoms with Crippen LogP contribution in [-0.2, 0) is 11.8 Å². The number of likely N-dealkylation sites (tertiary alicyclic amines) is 1. The van der Waals surface area contributed by atoms with E-state index >= 15 is 0 Å². The lowest BCUT2D eigenvalue weighted by Crippen LogP contribution is -2.64. The number of rotatable bonds is 2. The molecule has 2 bridgehead atoms. The van der Waals surface area contributed by atoms with Crippen molar-refractivity contribution < 1.29 is 9.59 Å². The number of benzene rings is 2. The fourth-order valence-corrected chi connectivity index (χ4v) is 5.15. The fourth-order valence-electron chi connectivity index (χ4n) is 5.15. The van der Waals surface area contributed by atoms with Crippen molar-refractivity contribution in [3.8, 4) is 0 Å². The number of hydrogen-bond donors (Lipinski definition) is 0. The van der Waals surface area contributed by atoms with E-state index in [9.17, 15) is 9.59 Å². The van der Waals surface area contributed by atoms with Crippen molar-refractivity contribution in [1.82, 2.24) is 4.90 Å². The van der Waals surface area contributed by atoms with Crippen LogP contribution in [0.1, 0.15) is 66.0 Å². The van der Waals surface area contributed by atoms with Crippen molar-refractivity contribution >= 4 is 11.7 Å². The Morgan fingerprint density at radius 2 is 1.70 bits per heavy atom. The minimum absolute atomic E-state index is 0.0113. The van der Waals surface area contributed by atoms with Crippen molar-refractivity contribution in [3.63, 3.8) is 0 Å². The monoisotopic (exact) mass is 361 g/mol. The summed E-state index contributed by atoms with van der Waals surface area (Å²) >= 11 is 0. The molecule has 0 radical (unpaired) electrons. The van der Waals surface area contributed by atoms with Gasteiger partial charge in [0.05, 0.1) is 0 Å². The summed E-state index contributed by atoms with van der Waals surface area (Å²) in [6.07, 6.45) is 1.84. The Labute approximate surface area is 161 Å². The van der Waals surface area contributed by atoms with Crippen LogP contribution in [0.2, 0.25) is 0 Å². The molecule has 2 aromatic carbocycles. The lowest BCUT2D eigenvalue weighted by Gasteiger charge is -2.60. The van der Waals surface area contributed by atoms with Crippen molar-refractivity contribution in [3.05, 3.63) is 70.8 Å². The van der Waals surface area contributed by atoms with E-state index in [0.29, 0.717) is 11.1 Å². The summed E-state index contributed by atoms with van der Waals surface area (Å²) in [6.45, 7) is 9.26. The molecule has 2 aliphatic rings. The molecule has 0 unspecified atom stereocenters. The number of carbonyl (C=O) groups excluding carboxylic acids is 2. The van der Waals surface area contributed by atoms with E-state index in [2.05, 4.69) is 49.9 Å². The van der Waals surface area contributed by atoms with Crippen LogP contribution >= 0.6 is 0 Å². The van der Waals surface area contributed by atoms with Crippen LogP contribution in [0, 0.1) is 5.41 Å². The van der Waals surface area contributed by atoms with Crippen molar-refractivity contribution in [1.29, 1.82) is 0 Å². The molecule has 4 rings (SSSR count). The quantitative estimate of drug-likeness (QED) is 0.731. The summed E-state index contributed by atoms with van der Waals surface area (Å²) in [5, 5.41) is 0. The van der Waals surface area contributed by atoms with Crippen molar-refractivity contribution in [2.45, 2.75) is 52.0 Å². The molecule has 27 heavy (non-hydrogen) atoms. The number of amides is 1. The molecule has 0 spiro atoms. The second-order valence-corrected chi connectivity index (χ2v) is 8.82. The van der Waals surface area contributed by atoms with Gasteiger partial charge in [-0.15, -0.1) is 0 Å². The molecule has 1 fully saturated rings. The minimum atomic E-state index is -0.0204. The van der Waals surface area contributed by atoms with Crippen LogP contribution in [0.25, 0.3) is 0 Å². The lowest BCUT2D eigenvalue weighted by atomic mass is 9.51. The lowest BCUT2D eigenvalue weighted by molar-refractivity contribution is -0.0262. The summed E-state index contributed by atoms with van der Waals surface area (Å²) in [7, 11) is 0. The van der Waals surface area contributed by atoms with Gasteiger partial charge >= 0.3 is 0 Å². The zero-order chi connectivity index (χ0) is 19.4. The molecule has 2 atom stereocenters. The number of carbonyl (C=O) groups is 2. The first-order valence-electron chi connectivity index (χ1n) is 9.76. The number of nitrogens with zero attached hydrogens (tertiary/aromatic N) is 1. The van der Waals surface area contributed by atoms with Crippen molar-refractivity contribution in [2.75, 3.05) is 6.54 Å². The maximum Gasteiger partial charge on any atom is 0.254 e. The molecule has 0 aromatic heterocycles. The van der Waals surface area contributed by atoms with Gasteiger partial charge in [0.25, 0.3) is 5.91 Å². The average molecular weight is 361 g/mol. The van der Waals surface area contributed by atoms with E-state index in [4.69, 9.17) is 0 Å². The molecule has 1 aliphatic carbocycles. The van der Waals surface area contributed by atoms with Gasteiger partial charge in [-0.1, -0.05) is 57.2 Å². The van der Waals surface area contributed by atoms with Gasteiger partial charge in [0.2, 0.25) is 0 Å². The number of hydrogen-bond acceptors (Lipinski definition) is 2. The highest BCUT2D eigenvalue weighted by atomic mass is 16.2. The average Bonchev–Trinajstić information content (AvgIpc) is 2.64. The standard InChI is InChI=1S/C24H27NO2/c1-16(26)17-9-7-10-19(14-17)22(27)25-13-12-24(4)20-11-6-5-8-18(20)15-21(25)23(24,2)3/h5-11,14,21H,12-13,15H2,1-4H3/t21-,24+/m1/s1. The number of Topliss-reactive ketones (excluding diaryl/α,β-unsaturated/α-hetero) is 1. The molecule has 1 heterocycles. The van der Waals surface area contributed by atoms with Gasteiger partial charge in [0.15, 0.2) is 5.78 Å². The normalized spacial score (nSPS) is 25.6. The minimum Gasteiger partial charge on any atom is -0.335 e. The summed E-state index contributed by atoms with van der Waals surface area (Å²) in [5.74, 6) is 0.0281. The second-order valence-electron chi connectivity index (χ2n) is 8.82. The predicted molar refractivity (Wildman–Crippen MR) is 107 cm³/mol. The Kier molecular flexibility index (Phi) is 4.03. The summed E-state index contributed by atoms with van der Waals surface area (Å²) in [4.78, 5) is 27.2. The maximum absolute atomic E-state index is 13.4. The van der Waals surface area contributed by atoms with Crippen LogP contribution in [0.3, 0.4) is 0 Å². The van der Waals surface area contributed by atoms with Gasteiger partial charge < -0.3 is 4.90 Å². The molecular weight excluding hydrogens is 334 g/mol. The van der Waals surface area contributed by atoms with E-state index in [1.807, 2.05) is 6.07 Å². The Hall–Kier alpha value is -2.42. The Morgan fingerprint density at radius 3 is 2.44 bits per heavy atom. The van der Waals surface area contributed by atoms with Crippen LogP contribution in [0.15, 0.2) is 48.5 Å². The van der Waals surface area contributed by atoms with Crippen LogP contribution in [0.4, 0.5) is 0 Å². The van der Waals surface area contributed by atoms with Crippen LogP contribution in [-0.4, -0.2) is 29.2 Å². The molecule has 1 amide bonds. The maximum atomic E-state index is 13.4. The molecule has 2 aromatic rings. The first kappa shape index (κ1) is 18.0. The zero-order valence-electron chi connectivity index (χ0n) is 16.6. The fraction of sp³-hybridized carbons (Fsp3) is 0.417. The molecule has 140 valence electrons. The van der Waals surface area contributed by atoms with Gasteiger partial charge in [-0.3, -0.25) is 9.59 Å². The smallest absolute Gasteiger partial charge is 0.254 e. The highest BCUT2D eigenvalue weighted by Gasteiger charge is 2.56.